The second kappa shape index (κ2) is 8.25. The van der Waals surface area contributed by atoms with Crippen molar-refractivity contribution in [3.05, 3.63) is 66.4 Å². The monoisotopic (exact) mass is 413 g/mol. The van der Waals surface area contributed by atoms with Gasteiger partial charge in [0.05, 0.1) is 10.6 Å². The molecular weight excluding hydrogens is 394 g/mol. The molecule has 9 nitrogen and oxygen atoms in total. The molecule has 29 heavy (non-hydrogen) atoms. The van der Waals surface area contributed by atoms with Crippen molar-refractivity contribution in [1.29, 1.82) is 0 Å². The first-order valence-electron chi connectivity index (χ1n) is 8.67. The summed E-state index contributed by atoms with van der Waals surface area (Å²) in [7, 11) is -3.82. The number of nitrogens with one attached hydrogen (secondary N) is 2. The molecule has 0 spiro atoms. The Bertz CT molecular complexity index is 1140. The van der Waals surface area contributed by atoms with Crippen LogP contribution in [0.15, 0.2) is 65.6 Å². The van der Waals surface area contributed by atoms with E-state index >= 15 is 0 Å². The molecule has 0 aliphatic carbocycles. The van der Waals surface area contributed by atoms with Crippen molar-refractivity contribution < 1.29 is 18.0 Å². The van der Waals surface area contributed by atoms with E-state index in [0.29, 0.717) is 17.2 Å². The average Bonchev–Trinajstić information content (AvgIpc) is 3.12. The van der Waals surface area contributed by atoms with Gasteiger partial charge in [-0.2, -0.15) is 5.10 Å². The molecule has 2 aromatic carbocycles. The molecule has 0 bridgehead atoms. The first-order valence-corrected chi connectivity index (χ1v) is 10.2. The molecule has 0 saturated heterocycles. The zero-order chi connectivity index (χ0) is 21.0. The zero-order valence-corrected chi connectivity index (χ0v) is 16.3. The molecule has 0 unspecified atom stereocenters. The zero-order valence-electron chi connectivity index (χ0n) is 15.5. The lowest BCUT2D eigenvalue weighted by molar-refractivity contribution is -0.115. The van der Waals surface area contributed by atoms with Crippen LogP contribution in [0.25, 0.3) is 5.69 Å². The molecule has 10 heteroatoms. The highest BCUT2D eigenvalue weighted by atomic mass is 32.2. The Kier molecular flexibility index (Phi) is 5.76. The first-order chi connectivity index (χ1) is 13.8. The van der Waals surface area contributed by atoms with E-state index in [-0.39, 0.29) is 22.9 Å². The number of amides is 2. The number of hydrogen-bond acceptors (Lipinski definition) is 5. The average molecular weight is 413 g/mol. The number of carbonyl (C=O) groups is 2. The number of benzene rings is 2. The quantitative estimate of drug-likeness (QED) is 0.569. The van der Waals surface area contributed by atoms with E-state index in [9.17, 15) is 18.0 Å². The Labute approximate surface area is 167 Å². The summed E-state index contributed by atoms with van der Waals surface area (Å²) in [6, 6.07) is 16.0. The van der Waals surface area contributed by atoms with E-state index in [2.05, 4.69) is 15.7 Å². The maximum Gasteiger partial charge on any atom is 0.276 e. The molecule has 3 rings (SSSR count). The summed E-state index contributed by atoms with van der Waals surface area (Å²) < 4.78 is 24.1. The lowest BCUT2D eigenvalue weighted by Crippen LogP contribution is -2.14. The van der Waals surface area contributed by atoms with Crippen LogP contribution in [0.1, 0.15) is 23.8 Å². The van der Waals surface area contributed by atoms with Gasteiger partial charge in [0.15, 0.2) is 5.69 Å². The van der Waals surface area contributed by atoms with Crippen molar-refractivity contribution in [1.82, 2.24) is 9.78 Å². The Morgan fingerprint density at radius 3 is 2.28 bits per heavy atom. The van der Waals surface area contributed by atoms with Gasteiger partial charge in [0, 0.05) is 18.2 Å². The minimum Gasteiger partial charge on any atom is -0.321 e. The number of aromatic nitrogens is 2. The van der Waals surface area contributed by atoms with Crippen LogP contribution in [0.2, 0.25) is 0 Å². The number of hydrogen-bond donors (Lipinski definition) is 3. The van der Waals surface area contributed by atoms with Gasteiger partial charge in [0.2, 0.25) is 15.9 Å². The maximum atomic E-state index is 12.6. The molecule has 0 fully saturated rings. The van der Waals surface area contributed by atoms with Crippen LogP contribution >= 0.6 is 0 Å². The fraction of sp³-hybridized carbons (Fsp3) is 0.105. The van der Waals surface area contributed by atoms with Gasteiger partial charge >= 0.3 is 0 Å². The minimum absolute atomic E-state index is 0.0616. The van der Waals surface area contributed by atoms with Crippen LogP contribution in [0, 0.1) is 0 Å². The summed E-state index contributed by atoms with van der Waals surface area (Å²) in [5.41, 5.74) is 1.13. The number of para-hydroxylation sites is 1. The number of carbonyl (C=O) groups excluding carboxylic acids is 2. The van der Waals surface area contributed by atoms with Gasteiger partial charge in [-0.1, -0.05) is 25.1 Å². The molecule has 1 heterocycles. The van der Waals surface area contributed by atoms with Gasteiger partial charge in [-0.15, -0.1) is 0 Å². The molecule has 1 aromatic heterocycles. The highest BCUT2D eigenvalue weighted by Gasteiger charge is 2.17. The third kappa shape index (κ3) is 4.86. The van der Waals surface area contributed by atoms with Gasteiger partial charge in [-0.05, 0) is 36.4 Å². The smallest absolute Gasteiger partial charge is 0.276 e. The summed E-state index contributed by atoms with van der Waals surface area (Å²) >= 11 is 0. The second-order valence-corrected chi connectivity index (χ2v) is 7.65. The van der Waals surface area contributed by atoms with E-state index in [1.165, 1.54) is 35.0 Å². The molecule has 0 saturated carbocycles. The molecule has 2 amide bonds. The van der Waals surface area contributed by atoms with Crippen molar-refractivity contribution in [2.75, 3.05) is 10.6 Å². The van der Waals surface area contributed by atoms with Crippen LogP contribution in [0.3, 0.4) is 0 Å². The Balaban J connectivity index is 1.88. The summed E-state index contributed by atoms with van der Waals surface area (Å²) in [6.07, 6.45) is 0.276. The van der Waals surface area contributed by atoms with E-state index in [0.717, 1.165) is 0 Å². The largest absolute Gasteiger partial charge is 0.321 e. The van der Waals surface area contributed by atoms with Crippen LogP contribution in [-0.4, -0.2) is 30.0 Å². The third-order valence-electron chi connectivity index (χ3n) is 3.97. The topological polar surface area (TPSA) is 136 Å². The lowest BCUT2D eigenvalue weighted by atomic mass is 10.3. The summed E-state index contributed by atoms with van der Waals surface area (Å²) in [6.45, 7) is 1.72. The SMILES string of the molecule is CCC(=O)Nc1cc(C(=O)Nc2ccc(S(N)(=O)=O)cc2)nn1-c1ccccc1. The van der Waals surface area contributed by atoms with Crippen LogP contribution in [0.4, 0.5) is 11.5 Å². The highest BCUT2D eigenvalue weighted by Crippen LogP contribution is 2.19. The normalized spacial score (nSPS) is 11.1. The van der Waals surface area contributed by atoms with E-state index < -0.39 is 15.9 Å². The molecule has 0 aliphatic heterocycles. The molecule has 0 aliphatic rings. The lowest BCUT2D eigenvalue weighted by Gasteiger charge is -2.07. The van der Waals surface area contributed by atoms with Crippen LogP contribution < -0.4 is 15.8 Å². The Morgan fingerprint density at radius 1 is 1.03 bits per heavy atom. The van der Waals surface area contributed by atoms with Gasteiger partial charge in [-0.25, -0.2) is 18.2 Å². The van der Waals surface area contributed by atoms with E-state index in [1.807, 2.05) is 18.2 Å². The Morgan fingerprint density at radius 2 is 1.69 bits per heavy atom. The summed E-state index contributed by atoms with van der Waals surface area (Å²) in [5.74, 6) is -0.375. The fourth-order valence-electron chi connectivity index (χ4n) is 2.50. The third-order valence-corrected chi connectivity index (χ3v) is 4.90. The molecule has 3 aromatic rings. The number of sulfonamides is 1. The molecular formula is C19H19N5O4S. The second-order valence-electron chi connectivity index (χ2n) is 6.09. The number of nitrogens with zero attached hydrogens (tertiary/aromatic N) is 2. The van der Waals surface area contributed by atoms with E-state index in [4.69, 9.17) is 5.14 Å². The molecule has 0 atom stereocenters. The fourth-order valence-corrected chi connectivity index (χ4v) is 3.02. The van der Waals surface area contributed by atoms with Crippen LogP contribution in [-0.2, 0) is 14.8 Å². The maximum absolute atomic E-state index is 12.6. The number of rotatable bonds is 6. The highest BCUT2D eigenvalue weighted by molar-refractivity contribution is 7.89. The standard InChI is InChI=1S/C19H19N5O4S/c1-2-18(25)22-17-12-16(23-24(17)14-6-4-3-5-7-14)19(26)21-13-8-10-15(11-9-13)29(20,27)28/h3-12H,2H2,1H3,(H,21,26)(H,22,25)(H2,20,27,28). The first kappa shape index (κ1) is 20.2. The summed E-state index contributed by atoms with van der Waals surface area (Å²) in [4.78, 5) is 24.4. The number of primary sulfonamides is 1. The van der Waals surface area contributed by atoms with Crippen molar-refractivity contribution >= 4 is 33.3 Å². The van der Waals surface area contributed by atoms with Gasteiger partial charge in [-0.3, -0.25) is 9.59 Å². The molecule has 4 N–H and O–H groups in total. The minimum atomic E-state index is -3.82. The van der Waals surface area contributed by atoms with Gasteiger partial charge < -0.3 is 10.6 Å². The van der Waals surface area contributed by atoms with Crippen molar-refractivity contribution in [3.63, 3.8) is 0 Å². The predicted molar refractivity (Wildman–Crippen MR) is 108 cm³/mol. The molecule has 0 radical (unpaired) electrons. The summed E-state index contributed by atoms with van der Waals surface area (Å²) in [5, 5.41) is 14.7. The number of nitrogens with two attached hydrogens (primary N) is 1. The van der Waals surface area contributed by atoms with E-state index in [1.54, 1.807) is 19.1 Å². The Hall–Kier alpha value is -3.50. The van der Waals surface area contributed by atoms with Crippen molar-refractivity contribution in [2.45, 2.75) is 18.2 Å². The van der Waals surface area contributed by atoms with Gasteiger partial charge in [0.1, 0.15) is 5.82 Å². The van der Waals surface area contributed by atoms with Crippen molar-refractivity contribution in [3.8, 4) is 5.69 Å². The predicted octanol–water partition coefficient (Wildman–Crippen LogP) is 2.12. The number of anilines is 2. The van der Waals surface area contributed by atoms with Gasteiger partial charge in [0.25, 0.3) is 5.91 Å². The molecule has 150 valence electrons. The van der Waals surface area contributed by atoms with Crippen molar-refractivity contribution in [2.24, 2.45) is 5.14 Å². The van der Waals surface area contributed by atoms with Crippen LogP contribution in [0.5, 0.6) is 0 Å².